The van der Waals surface area contributed by atoms with E-state index in [1.807, 2.05) is 11.6 Å². The molecule has 0 radical (unpaired) electrons. The van der Waals surface area contributed by atoms with Gasteiger partial charge in [-0.25, -0.2) is 0 Å². The van der Waals surface area contributed by atoms with Gasteiger partial charge in [-0.05, 0) is 65.6 Å². The molecule has 2 aromatic carbocycles. The van der Waals surface area contributed by atoms with Crippen molar-refractivity contribution in [2.24, 2.45) is 4.99 Å². The fourth-order valence-electron chi connectivity index (χ4n) is 4.63. The number of fused-ring (bicyclic) bond motifs is 4. The molecule has 1 heterocycles. The van der Waals surface area contributed by atoms with E-state index in [1.165, 1.54) is 39.5 Å². The summed E-state index contributed by atoms with van der Waals surface area (Å²) in [5.74, 6) is 1.14. The van der Waals surface area contributed by atoms with Crippen molar-refractivity contribution < 1.29 is 4.79 Å². The van der Waals surface area contributed by atoms with Crippen LogP contribution in [0.2, 0.25) is 0 Å². The molecular weight excluding hydrogens is 338 g/mol. The molecule has 2 aromatic rings. The highest BCUT2D eigenvalue weighted by Crippen LogP contribution is 2.43. The molecule has 0 spiro atoms. The Morgan fingerprint density at radius 3 is 2.88 bits per heavy atom. The van der Waals surface area contributed by atoms with E-state index in [9.17, 15) is 4.79 Å². The smallest absolute Gasteiger partial charge is 0.160 e. The highest BCUT2D eigenvalue weighted by Gasteiger charge is 2.25. The number of hydrogen-bond donors (Lipinski definition) is 0. The minimum Gasteiger partial charge on any atom is -0.294 e. The van der Waals surface area contributed by atoms with E-state index in [4.69, 9.17) is 0 Å². The average molecular weight is 359 g/mol. The summed E-state index contributed by atoms with van der Waals surface area (Å²) in [6.45, 7) is 1.69. The summed E-state index contributed by atoms with van der Waals surface area (Å²) in [4.78, 5) is 17.0. The van der Waals surface area contributed by atoms with Crippen LogP contribution in [0.1, 0.15) is 59.3 Å². The Bertz CT molecular complexity index is 1030. The molecule has 0 saturated heterocycles. The predicted molar refractivity (Wildman–Crippen MR) is 111 cm³/mol. The minimum atomic E-state index is 0.151. The van der Waals surface area contributed by atoms with Crippen molar-refractivity contribution in [2.75, 3.05) is 5.75 Å². The average Bonchev–Trinajstić information content (AvgIpc) is 3.20. The zero-order valence-corrected chi connectivity index (χ0v) is 15.7. The highest BCUT2D eigenvalue weighted by molar-refractivity contribution is 8.12. The number of aryl methyl sites for hydroxylation is 1. The van der Waals surface area contributed by atoms with E-state index in [-0.39, 0.29) is 11.8 Å². The van der Waals surface area contributed by atoms with Crippen LogP contribution in [-0.4, -0.2) is 17.1 Å². The molecule has 3 aliphatic rings. The second-order valence-corrected chi connectivity index (χ2v) is 8.21. The number of Topliss-reactive ketones (excluding diaryl/α,β-unsaturated/α-hetero) is 1. The number of thioether (sulfide) groups is 1. The van der Waals surface area contributed by atoms with Crippen LogP contribution in [0.4, 0.5) is 0 Å². The number of carbonyl (C=O) groups is 1. The third-order valence-corrected chi connectivity index (χ3v) is 6.65. The Morgan fingerprint density at radius 2 is 2.08 bits per heavy atom. The SMILES string of the molecule is CC(=O)c1ccc(C2CSC=N2)c2ccc3c(c12)CCC1=C3C=CCC1. The summed E-state index contributed by atoms with van der Waals surface area (Å²) in [6.07, 6.45) is 9.05. The normalized spacial score (nSPS) is 21.2. The maximum absolute atomic E-state index is 12.4. The van der Waals surface area contributed by atoms with Gasteiger partial charge in [-0.2, -0.15) is 0 Å². The molecule has 2 aliphatic carbocycles. The number of nitrogens with zero attached hydrogens (tertiary/aromatic N) is 1. The molecule has 3 heteroatoms. The number of carbonyl (C=O) groups excluding carboxylic acids is 1. The molecule has 1 aliphatic heterocycles. The van der Waals surface area contributed by atoms with Crippen LogP contribution in [0, 0.1) is 0 Å². The van der Waals surface area contributed by atoms with Gasteiger partial charge in [-0.3, -0.25) is 9.79 Å². The number of hydrogen-bond acceptors (Lipinski definition) is 3. The summed E-state index contributed by atoms with van der Waals surface area (Å²) >= 11 is 1.76. The standard InChI is InChI=1S/C23H21NOS/c1-14(25)16-8-10-19(22-12-26-13-24-22)21-11-9-18-17-5-3-2-4-15(17)6-7-20(18)23(16)21/h3,5,8-11,13,22H,2,4,6-7,12H2,1H3. The Morgan fingerprint density at radius 1 is 1.15 bits per heavy atom. The summed E-state index contributed by atoms with van der Waals surface area (Å²) < 4.78 is 0. The first-order chi connectivity index (χ1) is 12.7. The number of aliphatic imine (C=N–C) groups is 1. The predicted octanol–water partition coefficient (Wildman–Crippen LogP) is 5.91. The third-order valence-electron chi connectivity index (χ3n) is 5.88. The first-order valence-electron chi connectivity index (χ1n) is 9.35. The summed E-state index contributed by atoms with van der Waals surface area (Å²) in [5.41, 5.74) is 9.74. The lowest BCUT2D eigenvalue weighted by molar-refractivity contribution is 0.101. The Labute approximate surface area is 158 Å². The fraction of sp³-hybridized carbons (Fsp3) is 0.304. The molecule has 0 amide bonds. The van der Waals surface area contributed by atoms with E-state index >= 15 is 0 Å². The molecule has 26 heavy (non-hydrogen) atoms. The van der Waals surface area contributed by atoms with Gasteiger partial charge < -0.3 is 0 Å². The van der Waals surface area contributed by atoms with E-state index in [0.717, 1.165) is 30.6 Å². The van der Waals surface area contributed by atoms with Crippen LogP contribution < -0.4 is 0 Å². The molecule has 0 N–H and O–H groups in total. The maximum atomic E-state index is 12.4. The van der Waals surface area contributed by atoms with Gasteiger partial charge in [0.05, 0.1) is 11.6 Å². The van der Waals surface area contributed by atoms with E-state index in [0.29, 0.717) is 0 Å². The van der Waals surface area contributed by atoms with Gasteiger partial charge in [0.2, 0.25) is 0 Å². The summed E-state index contributed by atoms with van der Waals surface area (Å²) in [7, 11) is 0. The molecule has 1 unspecified atom stereocenters. The minimum absolute atomic E-state index is 0.151. The van der Waals surface area contributed by atoms with Crippen molar-refractivity contribution in [1.82, 2.24) is 0 Å². The number of ketones is 1. The number of allylic oxidation sites excluding steroid dienone is 4. The fourth-order valence-corrected chi connectivity index (χ4v) is 5.40. The number of benzene rings is 2. The molecule has 130 valence electrons. The van der Waals surface area contributed by atoms with Crippen molar-refractivity contribution in [3.05, 3.63) is 64.2 Å². The quantitative estimate of drug-likeness (QED) is 0.624. The van der Waals surface area contributed by atoms with Crippen LogP contribution >= 0.6 is 11.8 Å². The van der Waals surface area contributed by atoms with Crippen molar-refractivity contribution in [2.45, 2.75) is 38.6 Å². The lowest BCUT2D eigenvalue weighted by atomic mass is 9.78. The van der Waals surface area contributed by atoms with E-state index in [1.54, 1.807) is 24.3 Å². The van der Waals surface area contributed by atoms with Crippen LogP contribution in [-0.2, 0) is 6.42 Å². The Hall–Kier alpha value is -2.13. The molecule has 5 rings (SSSR count). The lowest BCUT2D eigenvalue weighted by Gasteiger charge is -2.27. The first-order valence-corrected chi connectivity index (χ1v) is 10.4. The van der Waals surface area contributed by atoms with E-state index in [2.05, 4.69) is 35.3 Å². The van der Waals surface area contributed by atoms with Crippen molar-refractivity contribution in [1.29, 1.82) is 0 Å². The van der Waals surface area contributed by atoms with E-state index < -0.39 is 0 Å². The highest BCUT2D eigenvalue weighted by atomic mass is 32.2. The number of rotatable bonds is 2. The van der Waals surface area contributed by atoms with Gasteiger partial charge >= 0.3 is 0 Å². The largest absolute Gasteiger partial charge is 0.294 e. The van der Waals surface area contributed by atoms with Crippen LogP contribution in [0.15, 0.2) is 47.0 Å². The van der Waals surface area contributed by atoms with Gasteiger partial charge in [-0.15, -0.1) is 11.8 Å². The zero-order chi connectivity index (χ0) is 17.7. The first kappa shape index (κ1) is 16.1. The molecular formula is C23H21NOS. The topological polar surface area (TPSA) is 29.4 Å². The molecule has 0 saturated carbocycles. The van der Waals surface area contributed by atoms with Gasteiger partial charge in [0.15, 0.2) is 5.78 Å². The molecule has 0 fully saturated rings. The monoisotopic (exact) mass is 359 g/mol. The van der Waals surface area contributed by atoms with Gasteiger partial charge in [0, 0.05) is 11.3 Å². The second-order valence-electron chi connectivity index (χ2n) is 7.33. The van der Waals surface area contributed by atoms with Crippen LogP contribution in [0.3, 0.4) is 0 Å². The van der Waals surface area contributed by atoms with Gasteiger partial charge in [0.1, 0.15) is 0 Å². The van der Waals surface area contributed by atoms with Crippen LogP contribution in [0.5, 0.6) is 0 Å². The molecule has 2 nitrogen and oxygen atoms in total. The van der Waals surface area contributed by atoms with Crippen molar-refractivity contribution >= 4 is 39.4 Å². The summed E-state index contributed by atoms with van der Waals surface area (Å²) in [6, 6.07) is 8.86. The zero-order valence-electron chi connectivity index (χ0n) is 14.9. The summed E-state index contributed by atoms with van der Waals surface area (Å²) in [5, 5.41) is 2.38. The Kier molecular flexibility index (Phi) is 3.86. The third kappa shape index (κ3) is 2.41. The van der Waals surface area contributed by atoms with Crippen LogP contribution in [0.25, 0.3) is 16.3 Å². The maximum Gasteiger partial charge on any atom is 0.160 e. The Balaban J connectivity index is 1.81. The van der Waals surface area contributed by atoms with Crippen molar-refractivity contribution in [3.63, 3.8) is 0 Å². The van der Waals surface area contributed by atoms with Gasteiger partial charge in [-0.1, -0.05) is 42.0 Å². The molecule has 0 bridgehead atoms. The molecule has 0 aromatic heterocycles. The lowest BCUT2D eigenvalue weighted by Crippen LogP contribution is -2.10. The second kappa shape index (κ2) is 6.24. The van der Waals surface area contributed by atoms with Gasteiger partial charge in [0.25, 0.3) is 0 Å². The molecule has 1 atom stereocenters. The van der Waals surface area contributed by atoms with Crippen molar-refractivity contribution in [3.8, 4) is 0 Å².